The van der Waals surface area contributed by atoms with E-state index in [1.165, 1.54) is 0 Å². The Bertz CT molecular complexity index is 172. The van der Waals surface area contributed by atoms with Gasteiger partial charge in [0, 0.05) is 6.54 Å². The summed E-state index contributed by atoms with van der Waals surface area (Å²) in [6, 6.07) is -0.150. The molecule has 14 heavy (non-hydrogen) atoms. The molecule has 0 rings (SSSR count). The number of carbonyl (C=O) groups is 1. The summed E-state index contributed by atoms with van der Waals surface area (Å²) in [6.07, 6.45) is 2.66. The van der Waals surface area contributed by atoms with E-state index in [1.807, 2.05) is 13.0 Å². The van der Waals surface area contributed by atoms with Crippen molar-refractivity contribution in [3.63, 3.8) is 0 Å². The fraction of sp³-hybridized carbons (Fsp3) is 0.700. The standard InChI is InChI=1S/C10H20N2O2/c1-4-5-7-14-8-6-12-10(13)9(2)11-3/h4,9,11H,1,5-8H2,2-3H3,(H,12,13). The van der Waals surface area contributed by atoms with E-state index in [-0.39, 0.29) is 11.9 Å². The molecule has 0 saturated heterocycles. The molecule has 82 valence electrons. The zero-order chi connectivity index (χ0) is 10.8. The molecule has 0 heterocycles. The van der Waals surface area contributed by atoms with Crippen LogP contribution in [-0.4, -0.2) is 38.8 Å². The molecule has 0 fully saturated rings. The molecular weight excluding hydrogens is 180 g/mol. The van der Waals surface area contributed by atoms with E-state index in [4.69, 9.17) is 4.74 Å². The number of amides is 1. The van der Waals surface area contributed by atoms with Gasteiger partial charge in [0.1, 0.15) is 0 Å². The first kappa shape index (κ1) is 13.1. The van der Waals surface area contributed by atoms with Crippen molar-refractivity contribution in [3.8, 4) is 0 Å². The Morgan fingerprint density at radius 1 is 1.57 bits per heavy atom. The first-order valence-corrected chi connectivity index (χ1v) is 4.86. The van der Waals surface area contributed by atoms with Crippen LogP contribution in [0.25, 0.3) is 0 Å². The molecule has 0 aromatic rings. The van der Waals surface area contributed by atoms with Crippen molar-refractivity contribution >= 4 is 5.91 Å². The van der Waals surface area contributed by atoms with Crippen LogP contribution in [0.1, 0.15) is 13.3 Å². The van der Waals surface area contributed by atoms with Crippen molar-refractivity contribution in [2.24, 2.45) is 0 Å². The van der Waals surface area contributed by atoms with Crippen molar-refractivity contribution in [3.05, 3.63) is 12.7 Å². The number of carbonyl (C=O) groups excluding carboxylic acids is 1. The van der Waals surface area contributed by atoms with Crippen LogP contribution >= 0.6 is 0 Å². The van der Waals surface area contributed by atoms with E-state index in [0.717, 1.165) is 6.42 Å². The van der Waals surface area contributed by atoms with Gasteiger partial charge in [-0.3, -0.25) is 4.79 Å². The van der Waals surface area contributed by atoms with Gasteiger partial charge >= 0.3 is 0 Å². The Hall–Kier alpha value is -0.870. The molecule has 0 aliphatic heterocycles. The lowest BCUT2D eigenvalue weighted by molar-refractivity contribution is -0.122. The first-order valence-electron chi connectivity index (χ1n) is 4.86. The molecular formula is C10H20N2O2. The third kappa shape index (κ3) is 6.62. The molecule has 0 spiro atoms. The number of hydrogen-bond donors (Lipinski definition) is 2. The summed E-state index contributed by atoms with van der Waals surface area (Å²) in [6.45, 7) is 7.17. The highest BCUT2D eigenvalue weighted by molar-refractivity contribution is 5.81. The molecule has 1 unspecified atom stereocenters. The van der Waals surface area contributed by atoms with Crippen molar-refractivity contribution in [1.82, 2.24) is 10.6 Å². The summed E-state index contributed by atoms with van der Waals surface area (Å²) in [5.41, 5.74) is 0. The average Bonchev–Trinajstić information content (AvgIpc) is 2.21. The Morgan fingerprint density at radius 3 is 2.86 bits per heavy atom. The topological polar surface area (TPSA) is 50.4 Å². The monoisotopic (exact) mass is 200 g/mol. The van der Waals surface area contributed by atoms with Gasteiger partial charge in [-0.2, -0.15) is 0 Å². The minimum atomic E-state index is -0.150. The van der Waals surface area contributed by atoms with Crippen LogP contribution in [0.5, 0.6) is 0 Å². The van der Waals surface area contributed by atoms with Crippen LogP contribution in [0.15, 0.2) is 12.7 Å². The largest absolute Gasteiger partial charge is 0.379 e. The van der Waals surface area contributed by atoms with Crippen LogP contribution < -0.4 is 10.6 Å². The average molecular weight is 200 g/mol. The predicted molar refractivity (Wildman–Crippen MR) is 57.2 cm³/mol. The van der Waals surface area contributed by atoms with Gasteiger partial charge in [0.15, 0.2) is 0 Å². The Labute approximate surface area is 85.7 Å². The molecule has 0 aliphatic carbocycles. The van der Waals surface area contributed by atoms with Gasteiger partial charge in [-0.15, -0.1) is 6.58 Å². The molecule has 4 heteroatoms. The quantitative estimate of drug-likeness (QED) is 0.438. The number of rotatable bonds is 8. The summed E-state index contributed by atoms with van der Waals surface area (Å²) < 4.78 is 5.23. The lowest BCUT2D eigenvalue weighted by atomic mass is 10.3. The Balaban J connectivity index is 3.27. The Morgan fingerprint density at radius 2 is 2.29 bits per heavy atom. The van der Waals surface area contributed by atoms with Gasteiger partial charge in [0.05, 0.1) is 19.3 Å². The van der Waals surface area contributed by atoms with E-state index in [2.05, 4.69) is 17.2 Å². The van der Waals surface area contributed by atoms with Crippen LogP contribution in [-0.2, 0) is 9.53 Å². The van der Waals surface area contributed by atoms with Crippen LogP contribution in [0.3, 0.4) is 0 Å². The van der Waals surface area contributed by atoms with Gasteiger partial charge in [-0.05, 0) is 20.4 Å². The number of nitrogens with one attached hydrogen (secondary N) is 2. The highest BCUT2D eigenvalue weighted by Crippen LogP contribution is 1.83. The molecule has 0 aromatic heterocycles. The zero-order valence-corrected chi connectivity index (χ0v) is 9.01. The van der Waals surface area contributed by atoms with Gasteiger partial charge in [0.2, 0.25) is 5.91 Å². The maximum atomic E-state index is 11.2. The summed E-state index contributed by atoms with van der Waals surface area (Å²) >= 11 is 0. The molecule has 0 bridgehead atoms. The number of hydrogen-bond acceptors (Lipinski definition) is 3. The molecule has 0 aliphatic rings. The van der Waals surface area contributed by atoms with Crippen molar-refractivity contribution in [1.29, 1.82) is 0 Å². The molecule has 4 nitrogen and oxygen atoms in total. The van der Waals surface area contributed by atoms with Gasteiger partial charge in [-0.25, -0.2) is 0 Å². The SMILES string of the molecule is C=CCCOCCNC(=O)C(C)NC. The van der Waals surface area contributed by atoms with Gasteiger partial charge < -0.3 is 15.4 Å². The molecule has 0 saturated carbocycles. The second-order valence-corrected chi connectivity index (χ2v) is 2.99. The van der Waals surface area contributed by atoms with Crippen molar-refractivity contribution in [2.45, 2.75) is 19.4 Å². The smallest absolute Gasteiger partial charge is 0.236 e. The fourth-order valence-corrected chi connectivity index (χ4v) is 0.799. The summed E-state index contributed by atoms with van der Waals surface area (Å²) in [7, 11) is 1.75. The maximum Gasteiger partial charge on any atom is 0.236 e. The molecule has 2 N–H and O–H groups in total. The minimum Gasteiger partial charge on any atom is -0.379 e. The lowest BCUT2D eigenvalue weighted by Crippen LogP contribution is -2.41. The zero-order valence-electron chi connectivity index (χ0n) is 9.01. The second kappa shape index (κ2) is 8.72. The van der Waals surface area contributed by atoms with Crippen LogP contribution in [0.4, 0.5) is 0 Å². The number of likely N-dealkylation sites (N-methyl/N-ethyl adjacent to an activating group) is 1. The lowest BCUT2D eigenvalue weighted by Gasteiger charge is -2.10. The van der Waals surface area contributed by atoms with Crippen LogP contribution in [0.2, 0.25) is 0 Å². The fourth-order valence-electron chi connectivity index (χ4n) is 0.799. The molecule has 1 atom stereocenters. The van der Waals surface area contributed by atoms with Crippen LogP contribution in [0, 0.1) is 0 Å². The summed E-state index contributed by atoms with van der Waals surface area (Å²) in [5, 5.41) is 5.62. The van der Waals surface area contributed by atoms with E-state index in [1.54, 1.807) is 7.05 Å². The van der Waals surface area contributed by atoms with E-state index in [0.29, 0.717) is 19.8 Å². The van der Waals surface area contributed by atoms with E-state index in [9.17, 15) is 4.79 Å². The highest BCUT2D eigenvalue weighted by atomic mass is 16.5. The van der Waals surface area contributed by atoms with Crippen molar-refractivity contribution in [2.75, 3.05) is 26.8 Å². The predicted octanol–water partition coefficient (Wildman–Crippen LogP) is 0.303. The normalized spacial score (nSPS) is 12.1. The van der Waals surface area contributed by atoms with Gasteiger partial charge in [-0.1, -0.05) is 6.08 Å². The maximum absolute atomic E-state index is 11.2. The third-order valence-electron chi connectivity index (χ3n) is 1.84. The highest BCUT2D eigenvalue weighted by Gasteiger charge is 2.07. The molecule has 1 amide bonds. The molecule has 0 aromatic carbocycles. The van der Waals surface area contributed by atoms with E-state index >= 15 is 0 Å². The number of ether oxygens (including phenoxy) is 1. The second-order valence-electron chi connectivity index (χ2n) is 2.99. The summed E-state index contributed by atoms with van der Waals surface area (Å²) in [5.74, 6) is -0.000166. The van der Waals surface area contributed by atoms with Crippen molar-refractivity contribution < 1.29 is 9.53 Å². The minimum absolute atomic E-state index is 0.000166. The van der Waals surface area contributed by atoms with E-state index < -0.39 is 0 Å². The van der Waals surface area contributed by atoms with Gasteiger partial charge in [0.25, 0.3) is 0 Å². The molecule has 0 radical (unpaired) electrons. The summed E-state index contributed by atoms with van der Waals surface area (Å²) in [4.78, 5) is 11.2. The third-order valence-corrected chi connectivity index (χ3v) is 1.84. The first-order chi connectivity index (χ1) is 6.72. The Kier molecular flexibility index (Phi) is 8.17.